The highest BCUT2D eigenvalue weighted by Gasteiger charge is 2.37. The summed E-state index contributed by atoms with van der Waals surface area (Å²) >= 11 is 7.35. The van der Waals surface area contributed by atoms with Crippen molar-refractivity contribution in [2.75, 3.05) is 12.0 Å². The van der Waals surface area contributed by atoms with Crippen molar-refractivity contribution in [2.45, 2.75) is 0 Å². The van der Waals surface area contributed by atoms with Crippen LogP contribution in [0, 0.1) is 0 Å². The van der Waals surface area contributed by atoms with Gasteiger partial charge in [0.05, 0.1) is 26.6 Å². The average molecular weight is 485 g/mol. The van der Waals surface area contributed by atoms with Gasteiger partial charge in [-0.05, 0) is 79.5 Å². The number of phenols is 1. The number of carbonyl (C=O) groups excluding carboxylic acids is 2. The highest BCUT2D eigenvalue weighted by atomic mass is 79.9. The number of aromatic hydroxyl groups is 1. The molecule has 1 aliphatic heterocycles. The van der Waals surface area contributed by atoms with Gasteiger partial charge in [0, 0.05) is 0 Å². The second-order valence-electron chi connectivity index (χ2n) is 5.02. The molecule has 0 unspecified atom stereocenters. The van der Waals surface area contributed by atoms with E-state index in [1.54, 1.807) is 42.5 Å². The number of hydrogen-bond donors (Lipinski definition) is 1. The first-order chi connectivity index (χ1) is 11.9. The van der Waals surface area contributed by atoms with Gasteiger partial charge in [-0.15, -0.1) is 0 Å². The molecule has 2 amide bonds. The standard InChI is InChI=1S/C17H11Br2NO4S/c1-24-13-5-3-2-4-12(13)20-16(22)14(25-17(20)23)8-9-6-10(18)15(21)11(19)7-9/h2-8,21H,1H3/b14-8-. The van der Waals surface area contributed by atoms with Crippen LogP contribution < -0.4 is 9.64 Å². The molecule has 0 aliphatic carbocycles. The zero-order valence-corrected chi connectivity index (χ0v) is 16.8. The van der Waals surface area contributed by atoms with Crippen LogP contribution in [0.15, 0.2) is 50.2 Å². The monoisotopic (exact) mass is 483 g/mol. The smallest absolute Gasteiger partial charge is 0.298 e. The van der Waals surface area contributed by atoms with E-state index in [-0.39, 0.29) is 5.75 Å². The van der Waals surface area contributed by atoms with Gasteiger partial charge in [0.1, 0.15) is 11.5 Å². The fraction of sp³-hybridized carbons (Fsp3) is 0.0588. The van der Waals surface area contributed by atoms with E-state index in [1.165, 1.54) is 7.11 Å². The van der Waals surface area contributed by atoms with Crippen molar-refractivity contribution in [1.29, 1.82) is 0 Å². The van der Waals surface area contributed by atoms with Crippen LogP contribution in [0.2, 0.25) is 0 Å². The van der Waals surface area contributed by atoms with Gasteiger partial charge in [-0.25, -0.2) is 4.90 Å². The van der Waals surface area contributed by atoms with Gasteiger partial charge in [0.25, 0.3) is 11.1 Å². The molecule has 1 aliphatic rings. The number of hydrogen-bond acceptors (Lipinski definition) is 5. The number of nitrogens with zero attached hydrogens (tertiary/aromatic N) is 1. The van der Waals surface area contributed by atoms with E-state index in [9.17, 15) is 14.7 Å². The molecule has 0 atom stereocenters. The zero-order chi connectivity index (χ0) is 18.1. The van der Waals surface area contributed by atoms with Gasteiger partial charge in [0.15, 0.2) is 0 Å². The van der Waals surface area contributed by atoms with Crippen LogP contribution in [0.3, 0.4) is 0 Å². The minimum absolute atomic E-state index is 0.0688. The Labute approximate surface area is 164 Å². The molecule has 1 heterocycles. The summed E-state index contributed by atoms with van der Waals surface area (Å²) in [6.45, 7) is 0. The number of thioether (sulfide) groups is 1. The summed E-state index contributed by atoms with van der Waals surface area (Å²) in [6.07, 6.45) is 1.61. The Balaban J connectivity index is 1.99. The Morgan fingerprint density at radius 1 is 1.16 bits per heavy atom. The van der Waals surface area contributed by atoms with E-state index in [0.717, 1.165) is 16.7 Å². The third kappa shape index (κ3) is 3.47. The molecular formula is C17H11Br2NO4S. The molecule has 128 valence electrons. The molecule has 5 nitrogen and oxygen atoms in total. The summed E-state index contributed by atoms with van der Waals surface area (Å²) in [7, 11) is 1.49. The molecule has 1 fully saturated rings. The third-order valence-corrected chi connectivity index (χ3v) is 5.54. The Morgan fingerprint density at radius 3 is 2.44 bits per heavy atom. The minimum atomic E-state index is -0.417. The van der Waals surface area contributed by atoms with Crippen LogP contribution in [-0.4, -0.2) is 23.4 Å². The van der Waals surface area contributed by atoms with Crippen LogP contribution in [0.5, 0.6) is 11.5 Å². The van der Waals surface area contributed by atoms with E-state index in [4.69, 9.17) is 4.74 Å². The molecule has 0 saturated carbocycles. The highest BCUT2D eigenvalue weighted by Crippen LogP contribution is 2.40. The molecule has 1 saturated heterocycles. The normalized spacial score (nSPS) is 16.0. The number of anilines is 1. The number of phenolic OH excluding ortho intramolecular Hbond substituents is 1. The van der Waals surface area contributed by atoms with Gasteiger partial charge >= 0.3 is 0 Å². The van der Waals surface area contributed by atoms with Crippen LogP contribution >= 0.6 is 43.6 Å². The molecule has 8 heteroatoms. The van der Waals surface area contributed by atoms with E-state index in [0.29, 0.717) is 30.9 Å². The Kier molecular flexibility index (Phi) is 5.21. The summed E-state index contributed by atoms with van der Waals surface area (Å²) in [6, 6.07) is 10.2. The number of rotatable bonds is 3. The number of amides is 2. The predicted molar refractivity (Wildman–Crippen MR) is 105 cm³/mol. The van der Waals surface area contributed by atoms with Gasteiger partial charge in [-0.2, -0.15) is 0 Å². The SMILES string of the molecule is COc1ccccc1N1C(=O)S/C(=C\c2cc(Br)c(O)c(Br)c2)C1=O. The molecule has 3 rings (SSSR count). The van der Waals surface area contributed by atoms with Crippen LogP contribution in [0.4, 0.5) is 10.5 Å². The Hall–Kier alpha value is -1.77. The molecular weight excluding hydrogens is 474 g/mol. The van der Waals surface area contributed by atoms with Crippen molar-refractivity contribution < 1.29 is 19.4 Å². The minimum Gasteiger partial charge on any atom is -0.506 e. The lowest BCUT2D eigenvalue weighted by Gasteiger charge is -2.15. The van der Waals surface area contributed by atoms with Crippen molar-refractivity contribution >= 4 is 66.5 Å². The van der Waals surface area contributed by atoms with Crippen molar-refractivity contribution in [3.05, 3.63) is 55.8 Å². The first-order valence-electron chi connectivity index (χ1n) is 7.01. The van der Waals surface area contributed by atoms with E-state index >= 15 is 0 Å². The fourth-order valence-electron chi connectivity index (χ4n) is 2.31. The quantitative estimate of drug-likeness (QED) is 0.609. The molecule has 0 radical (unpaired) electrons. The number of carbonyl (C=O) groups is 2. The highest BCUT2D eigenvalue weighted by molar-refractivity contribution is 9.11. The summed E-state index contributed by atoms with van der Waals surface area (Å²) in [5, 5.41) is 9.38. The first-order valence-corrected chi connectivity index (χ1v) is 9.41. The maximum Gasteiger partial charge on any atom is 0.298 e. The van der Waals surface area contributed by atoms with E-state index < -0.39 is 11.1 Å². The second-order valence-corrected chi connectivity index (χ2v) is 7.72. The molecule has 2 aromatic rings. The lowest BCUT2D eigenvalue weighted by molar-refractivity contribution is -0.113. The van der Waals surface area contributed by atoms with Crippen LogP contribution in [0.25, 0.3) is 6.08 Å². The van der Waals surface area contributed by atoms with Gasteiger partial charge in [-0.1, -0.05) is 12.1 Å². The number of methoxy groups -OCH3 is 1. The number of imide groups is 1. The number of benzene rings is 2. The molecule has 2 aromatic carbocycles. The first kappa shape index (κ1) is 18.0. The summed E-state index contributed by atoms with van der Waals surface area (Å²) in [5.74, 6) is 0.0975. The van der Waals surface area contributed by atoms with Crippen molar-refractivity contribution in [1.82, 2.24) is 0 Å². The van der Waals surface area contributed by atoms with Crippen molar-refractivity contribution in [3.8, 4) is 11.5 Å². The third-order valence-electron chi connectivity index (χ3n) is 3.46. The molecule has 1 N–H and O–H groups in total. The number of halogens is 2. The zero-order valence-electron chi connectivity index (χ0n) is 12.8. The Morgan fingerprint density at radius 2 is 1.80 bits per heavy atom. The number of ether oxygens (including phenoxy) is 1. The number of para-hydroxylation sites is 2. The maximum atomic E-state index is 12.7. The van der Waals surface area contributed by atoms with Gasteiger partial charge in [0.2, 0.25) is 0 Å². The lowest BCUT2D eigenvalue weighted by Crippen LogP contribution is -2.28. The van der Waals surface area contributed by atoms with Crippen molar-refractivity contribution in [3.63, 3.8) is 0 Å². The Bertz CT molecular complexity index is 890. The lowest BCUT2D eigenvalue weighted by atomic mass is 10.2. The van der Waals surface area contributed by atoms with Crippen LogP contribution in [0.1, 0.15) is 5.56 Å². The largest absolute Gasteiger partial charge is 0.506 e. The summed E-state index contributed by atoms with van der Waals surface area (Å²) < 4.78 is 6.20. The molecule has 0 bridgehead atoms. The van der Waals surface area contributed by atoms with E-state index in [2.05, 4.69) is 31.9 Å². The maximum absolute atomic E-state index is 12.7. The fourth-order valence-corrected chi connectivity index (χ4v) is 4.37. The summed E-state index contributed by atoms with van der Waals surface area (Å²) in [4.78, 5) is 26.5. The topological polar surface area (TPSA) is 66.8 Å². The average Bonchev–Trinajstić information content (AvgIpc) is 2.86. The predicted octanol–water partition coefficient (Wildman–Crippen LogP) is 5.17. The summed E-state index contributed by atoms with van der Waals surface area (Å²) in [5.41, 5.74) is 1.08. The molecule has 0 aromatic heterocycles. The second kappa shape index (κ2) is 7.23. The molecule has 0 spiro atoms. The molecule has 25 heavy (non-hydrogen) atoms. The van der Waals surface area contributed by atoms with Gasteiger partial charge < -0.3 is 9.84 Å². The van der Waals surface area contributed by atoms with Crippen LogP contribution in [-0.2, 0) is 4.79 Å². The van der Waals surface area contributed by atoms with Crippen molar-refractivity contribution in [2.24, 2.45) is 0 Å². The van der Waals surface area contributed by atoms with E-state index in [1.807, 2.05) is 0 Å². The van der Waals surface area contributed by atoms with Gasteiger partial charge in [-0.3, -0.25) is 9.59 Å².